The number of hydrogen-bond acceptors (Lipinski definition) is 6. The summed E-state index contributed by atoms with van der Waals surface area (Å²) in [5.41, 5.74) is 9.66. The van der Waals surface area contributed by atoms with E-state index in [4.69, 9.17) is 0 Å². The second-order valence-electron chi connectivity index (χ2n) is 11.3. The Hall–Kier alpha value is -2.88. The second kappa shape index (κ2) is 11.5. The number of piperidine rings is 1. The molecule has 8 nitrogen and oxygen atoms in total. The van der Waals surface area contributed by atoms with Gasteiger partial charge in [-0.2, -0.15) is 0 Å². The maximum Gasteiger partial charge on any atom is 0.239 e. The van der Waals surface area contributed by atoms with E-state index < -0.39 is 0 Å². The highest BCUT2D eigenvalue weighted by atomic mass is 19.1. The van der Waals surface area contributed by atoms with Crippen molar-refractivity contribution in [2.45, 2.75) is 69.7 Å². The number of halogens is 1. The Labute approximate surface area is 224 Å². The molecule has 3 fully saturated rings. The van der Waals surface area contributed by atoms with Crippen LogP contribution in [0.3, 0.4) is 0 Å². The summed E-state index contributed by atoms with van der Waals surface area (Å²) in [4.78, 5) is 34.4. The van der Waals surface area contributed by atoms with Gasteiger partial charge in [-0.1, -0.05) is 18.2 Å². The lowest BCUT2D eigenvalue weighted by molar-refractivity contribution is -0.136. The summed E-state index contributed by atoms with van der Waals surface area (Å²) >= 11 is 0. The average molecular weight is 523 g/mol. The maximum absolute atomic E-state index is 14.5. The monoisotopic (exact) mass is 522 g/mol. The topological polar surface area (TPSA) is 89.6 Å². The third kappa shape index (κ3) is 5.75. The number of aryl methyl sites for hydroxylation is 1. The Kier molecular flexibility index (Phi) is 8.07. The highest BCUT2D eigenvalue weighted by Crippen LogP contribution is 2.40. The fourth-order valence-electron chi connectivity index (χ4n) is 6.46. The largest absolute Gasteiger partial charge is 0.352 e. The highest BCUT2D eigenvalue weighted by molar-refractivity contribution is 5.82. The van der Waals surface area contributed by atoms with Crippen molar-refractivity contribution >= 4 is 11.8 Å². The van der Waals surface area contributed by atoms with E-state index in [-0.39, 0.29) is 41.7 Å². The van der Waals surface area contributed by atoms with Crippen LogP contribution in [0.15, 0.2) is 42.6 Å². The Morgan fingerprint density at radius 3 is 2.71 bits per heavy atom. The molecule has 9 heteroatoms. The van der Waals surface area contributed by atoms with Gasteiger partial charge in [0, 0.05) is 62.6 Å². The van der Waals surface area contributed by atoms with Crippen LogP contribution in [-0.2, 0) is 16.1 Å². The number of amides is 2. The molecule has 1 aliphatic carbocycles. The molecule has 6 atom stereocenters. The Morgan fingerprint density at radius 2 is 1.95 bits per heavy atom. The number of carbonyl (C=O) groups is 2. The van der Waals surface area contributed by atoms with Crippen molar-refractivity contribution in [3.05, 3.63) is 65.2 Å². The van der Waals surface area contributed by atoms with E-state index in [9.17, 15) is 14.0 Å². The summed E-state index contributed by atoms with van der Waals surface area (Å²) in [7, 11) is 3.50. The number of fused-ring (bicyclic) bond motifs is 1. The Bertz CT molecular complexity index is 1160. The van der Waals surface area contributed by atoms with Gasteiger partial charge in [-0.15, -0.1) is 0 Å². The van der Waals surface area contributed by atoms with Gasteiger partial charge in [-0.25, -0.2) is 9.82 Å². The molecule has 1 aromatic heterocycles. The molecule has 2 amide bonds. The molecule has 2 saturated heterocycles. The van der Waals surface area contributed by atoms with Crippen molar-refractivity contribution in [1.29, 1.82) is 0 Å². The Balaban J connectivity index is 1.24. The van der Waals surface area contributed by atoms with Crippen LogP contribution in [0.1, 0.15) is 55.0 Å². The summed E-state index contributed by atoms with van der Waals surface area (Å²) in [5, 5.41) is 3.30. The van der Waals surface area contributed by atoms with E-state index in [0.29, 0.717) is 37.0 Å². The molecule has 1 saturated carbocycles. The number of hydrogen-bond donors (Lipinski definition) is 3. The van der Waals surface area contributed by atoms with Crippen molar-refractivity contribution in [1.82, 2.24) is 31.0 Å². The molecule has 0 spiro atoms. The second-order valence-corrected chi connectivity index (χ2v) is 11.3. The molecule has 3 N–H and O–H groups in total. The van der Waals surface area contributed by atoms with Gasteiger partial charge in [0.05, 0.1) is 12.1 Å². The first kappa shape index (κ1) is 26.7. The molecule has 2 aromatic rings. The smallest absolute Gasteiger partial charge is 0.239 e. The van der Waals surface area contributed by atoms with Crippen LogP contribution in [0.4, 0.5) is 4.39 Å². The van der Waals surface area contributed by atoms with Gasteiger partial charge in [0.15, 0.2) is 0 Å². The number of nitrogens with zero attached hydrogens (tertiary/aromatic N) is 3. The zero-order chi connectivity index (χ0) is 26.8. The third-order valence-corrected chi connectivity index (χ3v) is 8.49. The average Bonchev–Trinajstić information content (AvgIpc) is 3.33. The predicted octanol–water partition coefficient (Wildman–Crippen LogP) is 2.70. The minimum Gasteiger partial charge on any atom is -0.352 e. The lowest BCUT2D eigenvalue weighted by atomic mass is 9.74. The maximum atomic E-state index is 14.5. The standard InChI is InChI=1S/C29H39FN6O2/c1-18-14-19(12-13-31-18)27-23-15-20(8-10-25(23)33-34-27)28(37)32-22-9-11-26(29(38)35(2)3)36(17-22)16-21-6-4-5-7-24(21)30/h4-7,12-14,20,22-23,25-27,33-34H,8-11,15-17H2,1-3H3,(H,32,37)/t20?,22-,23?,25?,26+,27?/m1/s1. The molecular formula is C29H39FN6O2. The molecule has 3 aliphatic rings. The SMILES string of the molecule is Cc1cc(C2NNC3CCC(C(=O)N[C@@H]4CC[C@@H](C(=O)N(C)C)N(Cc5ccccc5F)C4)CC32)ccn1. The Morgan fingerprint density at radius 1 is 1.13 bits per heavy atom. The molecule has 38 heavy (non-hydrogen) atoms. The number of carbonyl (C=O) groups excluding carboxylic acids is 2. The van der Waals surface area contributed by atoms with Crippen molar-refractivity contribution < 1.29 is 14.0 Å². The van der Waals surface area contributed by atoms with Gasteiger partial charge in [0.1, 0.15) is 5.82 Å². The lowest BCUT2D eigenvalue weighted by Crippen LogP contribution is -2.56. The van der Waals surface area contributed by atoms with Gasteiger partial charge >= 0.3 is 0 Å². The van der Waals surface area contributed by atoms with Crippen LogP contribution in [0.2, 0.25) is 0 Å². The summed E-state index contributed by atoms with van der Waals surface area (Å²) in [5.74, 6) is 0.109. The lowest BCUT2D eigenvalue weighted by Gasteiger charge is -2.41. The molecule has 1 aromatic carbocycles. The summed E-state index contributed by atoms with van der Waals surface area (Å²) < 4.78 is 14.5. The van der Waals surface area contributed by atoms with E-state index in [1.807, 2.05) is 24.1 Å². The van der Waals surface area contributed by atoms with Crippen LogP contribution in [0, 0.1) is 24.6 Å². The van der Waals surface area contributed by atoms with Gasteiger partial charge in [0.25, 0.3) is 0 Å². The number of rotatable bonds is 6. The van der Waals surface area contributed by atoms with Crippen LogP contribution < -0.4 is 16.2 Å². The first-order valence-corrected chi connectivity index (χ1v) is 13.7. The van der Waals surface area contributed by atoms with Gasteiger partial charge in [0.2, 0.25) is 11.8 Å². The highest BCUT2D eigenvalue weighted by Gasteiger charge is 2.43. The van der Waals surface area contributed by atoms with Crippen LogP contribution in [0.5, 0.6) is 0 Å². The van der Waals surface area contributed by atoms with Crippen LogP contribution in [-0.4, -0.2) is 65.4 Å². The van der Waals surface area contributed by atoms with Gasteiger partial charge in [-0.3, -0.25) is 24.9 Å². The number of aromatic nitrogens is 1. The van der Waals surface area contributed by atoms with Crippen molar-refractivity contribution in [2.24, 2.45) is 11.8 Å². The normalized spacial score (nSPS) is 29.5. The number of hydrazine groups is 1. The van der Waals surface area contributed by atoms with E-state index in [1.54, 1.807) is 31.1 Å². The number of likely N-dealkylation sites (tertiary alicyclic amines) is 1. The summed E-state index contributed by atoms with van der Waals surface area (Å²) in [6, 6.07) is 11.0. The first-order valence-electron chi connectivity index (χ1n) is 13.7. The van der Waals surface area contributed by atoms with Crippen LogP contribution in [0.25, 0.3) is 0 Å². The van der Waals surface area contributed by atoms with E-state index in [0.717, 1.165) is 31.4 Å². The summed E-state index contributed by atoms with van der Waals surface area (Å²) in [6.45, 7) is 2.85. The number of pyridine rings is 1. The summed E-state index contributed by atoms with van der Waals surface area (Å²) in [6.07, 6.45) is 5.80. The van der Waals surface area contributed by atoms with Crippen molar-refractivity contribution in [2.75, 3.05) is 20.6 Å². The molecule has 2 aliphatic heterocycles. The number of nitrogens with one attached hydrogen (secondary N) is 3. The molecule has 3 heterocycles. The fraction of sp³-hybridized carbons (Fsp3) is 0.552. The van der Waals surface area contributed by atoms with E-state index >= 15 is 0 Å². The third-order valence-electron chi connectivity index (χ3n) is 8.49. The van der Waals surface area contributed by atoms with Crippen molar-refractivity contribution in [3.63, 3.8) is 0 Å². The van der Waals surface area contributed by atoms with E-state index in [1.165, 1.54) is 11.6 Å². The molecule has 4 unspecified atom stereocenters. The number of likely N-dealkylation sites (N-methyl/N-ethyl adjacent to an activating group) is 1. The minimum atomic E-state index is -0.326. The predicted molar refractivity (Wildman–Crippen MR) is 143 cm³/mol. The fourth-order valence-corrected chi connectivity index (χ4v) is 6.46. The molecule has 0 bridgehead atoms. The first-order chi connectivity index (χ1) is 18.3. The quantitative estimate of drug-likeness (QED) is 0.541. The minimum absolute atomic E-state index is 0.0167. The zero-order valence-electron chi connectivity index (χ0n) is 22.5. The van der Waals surface area contributed by atoms with Gasteiger partial charge in [-0.05, 0) is 68.7 Å². The van der Waals surface area contributed by atoms with Gasteiger partial charge < -0.3 is 10.2 Å². The molecule has 204 valence electrons. The molecule has 0 radical (unpaired) electrons. The van der Waals surface area contributed by atoms with E-state index in [2.05, 4.69) is 33.3 Å². The van der Waals surface area contributed by atoms with Crippen molar-refractivity contribution in [3.8, 4) is 0 Å². The zero-order valence-corrected chi connectivity index (χ0v) is 22.5. The molecule has 5 rings (SSSR count). The number of benzene rings is 1. The van der Waals surface area contributed by atoms with Crippen LogP contribution >= 0.6 is 0 Å². The molecular weight excluding hydrogens is 483 g/mol.